The molecule has 0 spiro atoms. The van der Waals surface area contributed by atoms with E-state index in [4.69, 9.17) is 0 Å². The molecule has 2 N–H and O–H groups in total. The van der Waals surface area contributed by atoms with Crippen LogP contribution in [0.25, 0.3) is 0 Å². The molecule has 0 unspecified atom stereocenters. The molecule has 1 fully saturated rings. The molecule has 24 heavy (non-hydrogen) atoms. The molecule has 1 saturated heterocycles. The van der Waals surface area contributed by atoms with Crippen molar-refractivity contribution in [1.29, 1.82) is 0 Å². The third-order valence-corrected chi connectivity index (χ3v) is 3.90. The zero-order chi connectivity index (χ0) is 17.2. The standard InChI is InChI=1S/C19H25N3O2/c1-2-3-6-18(23)21-11-4-5-16-7-9-17(10-8-16)19(24)22-14-12-20-13-15-22/h7-10,20H,2-3,6,11-15H2,1H3,(H,21,23). The maximum atomic E-state index is 12.3. The minimum atomic E-state index is 0.0446. The van der Waals surface area contributed by atoms with E-state index in [1.54, 1.807) is 0 Å². The van der Waals surface area contributed by atoms with Crippen molar-refractivity contribution in [2.24, 2.45) is 0 Å². The first kappa shape index (κ1) is 18.0. The lowest BCUT2D eigenvalue weighted by Crippen LogP contribution is -2.46. The van der Waals surface area contributed by atoms with Crippen LogP contribution in [0.15, 0.2) is 24.3 Å². The first-order valence-electron chi connectivity index (χ1n) is 8.56. The van der Waals surface area contributed by atoms with Gasteiger partial charge >= 0.3 is 0 Å². The molecule has 0 radical (unpaired) electrons. The van der Waals surface area contributed by atoms with E-state index in [1.807, 2.05) is 29.2 Å². The Kier molecular flexibility index (Phi) is 7.31. The van der Waals surface area contributed by atoms with Gasteiger partial charge in [-0.3, -0.25) is 9.59 Å². The fourth-order valence-electron chi connectivity index (χ4n) is 2.46. The van der Waals surface area contributed by atoms with E-state index in [0.717, 1.165) is 44.6 Å². The zero-order valence-corrected chi connectivity index (χ0v) is 14.2. The van der Waals surface area contributed by atoms with E-state index in [-0.39, 0.29) is 11.8 Å². The third-order valence-electron chi connectivity index (χ3n) is 3.90. The smallest absolute Gasteiger partial charge is 0.253 e. The summed E-state index contributed by atoms with van der Waals surface area (Å²) in [5.41, 5.74) is 1.53. The van der Waals surface area contributed by atoms with Gasteiger partial charge in [0.2, 0.25) is 5.91 Å². The molecule has 5 nitrogen and oxygen atoms in total. The highest BCUT2D eigenvalue weighted by Gasteiger charge is 2.17. The normalized spacial score (nSPS) is 13.8. The number of carbonyl (C=O) groups is 2. The molecule has 0 atom stereocenters. The minimum Gasteiger partial charge on any atom is -0.345 e. The van der Waals surface area contributed by atoms with Crippen LogP contribution in [-0.2, 0) is 4.79 Å². The monoisotopic (exact) mass is 327 g/mol. The SMILES string of the molecule is CCCCC(=O)NCC#Cc1ccc(C(=O)N2CCNCC2)cc1. The number of rotatable bonds is 5. The Labute approximate surface area is 143 Å². The molecule has 1 aliphatic rings. The van der Waals surface area contributed by atoms with Crippen molar-refractivity contribution >= 4 is 11.8 Å². The van der Waals surface area contributed by atoms with Gasteiger partial charge in [0.25, 0.3) is 5.91 Å². The number of benzene rings is 1. The Morgan fingerprint density at radius 2 is 1.92 bits per heavy atom. The second-order valence-electron chi connectivity index (χ2n) is 5.80. The largest absolute Gasteiger partial charge is 0.345 e. The van der Waals surface area contributed by atoms with Gasteiger partial charge in [-0.15, -0.1) is 0 Å². The van der Waals surface area contributed by atoms with Crippen molar-refractivity contribution < 1.29 is 9.59 Å². The molecular formula is C19H25N3O2. The number of unbranched alkanes of at least 4 members (excludes halogenated alkanes) is 1. The summed E-state index contributed by atoms with van der Waals surface area (Å²) >= 11 is 0. The fraction of sp³-hybridized carbons (Fsp3) is 0.474. The molecule has 2 rings (SSSR count). The highest BCUT2D eigenvalue weighted by molar-refractivity contribution is 5.94. The summed E-state index contributed by atoms with van der Waals surface area (Å²) in [7, 11) is 0. The molecule has 0 saturated carbocycles. The lowest BCUT2D eigenvalue weighted by Gasteiger charge is -2.27. The van der Waals surface area contributed by atoms with Crippen molar-refractivity contribution in [3.63, 3.8) is 0 Å². The summed E-state index contributed by atoms with van der Waals surface area (Å²) < 4.78 is 0. The number of hydrogen-bond donors (Lipinski definition) is 2. The van der Waals surface area contributed by atoms with Crippen LogP contribution in [0.5, 0.6) is 0 Å². The Balaban J connectivity index is 1.82. The molecule has 5 heteroatoms. The van der Waals surface area contributed by atoms with Gasteiger partial charge in [-0.1, -0.05) is 25.2 Å². The average molecular weight is 327 g/mol. The lowest BCUT2D eigenvalue weighted by molar-refractivity contribution is -0.120. The lowest BCUT2D eigenvalue weighted by atomic mass is 10.1. The van der Waals surface area contributed by atoms with Crippen LogP contribution in [0.2, 0.25) is 0 Å². The van der Waals surface area contributed by atoms with Crippen molar-refractivity contribution in [3.05, 3.63) is 35.4 Å². The Morgan fingerprint density at radius 1 is 1.21 bits per heavy atom. The van der Waals surface area contributed by atoms with Gasteiger partial charge in [-0.25, -0.2) is 0 Å². The molecule has 1 aromatic rings. The molecule has 0 aliphatic carbocycles. The Morgan fingerprint density at radius 3 is 2.58 bits per heavy atom. The Hall–Kier alpha value is -2.32. The van der Waals surface area contributed by atoms with Gasteiger partial charge in [0.05, 0.1) is 6.54 Å². The number of carbonyl (C=O) groups excluding carboxylic acids is 2. The van der Waals surface area contributed by atoms with E-state index in [2.05, 4.69) is 29.4 Å². The van der Waals surface area contributed by atoms with Crippen LogP contribution < -0.4 is 10.6 Å². The van der Waals surface area contributed by atoms with Gasteiger partial charge < -0.3 is 15.5 Å². The van der Waals surface area contributed by atoms with Gasteiger partial charge in [0.15, 0.2) is 0 Å². The molecule has 1 heterocycles. The number of hydrogen-bond acceptors (Lipinski definition) is 3. The van der Waals surface area contributed by atoms with E-state index in [0.29, 0.717) is 18.5 Å². The Bertz CT molecular complexity index is 608. The predicted molar refractivity (Wildman–Crippen MR) is 94.6 cm³/mol. The van der Waals surface area contributed by atoms with Crippen LogP contribution in [0.3, 0.4) is 0 Å². The van der Waals surface area contributed by atoms with Gasteiger partial charge in [0, 0.05) is 43.7 Å². The molecule has 0 aromatic heterocycles. The van der Waals surface area contributed by atoms with Crippen LogP contribution in [-0.4, -0.2) is 49.4 Å². The van der Waals surface area contributed by atoms with Crippen LogP contribution >= 0.6 is 0 Å². The average Bonchev–Trinajstić information content (AvgIpc) is 2.64. The number of nitrogens with zero attached hydrogens (tertiary/aromatic N) is 1. The summed E-state index contributed by atoms with van der Waals surface area (Å²) in [6.45, 7) is 5.60. The zero-order valence-electron chi connectivity index (χ0n) is 14.2. The first-order chi connectivity index (χ1) is 11.7. The summed E-state index contributed by atoms with van der Waals surface area (Å²) in [6, 6.07) is 7.32. The van der Waals surface area contributed by atoms with Crippen LogP contribution in [0, 0.1) is 11.8 Å². The summed E-state index contributed by atoms with van der Waals surface area (Å²) in [5, 5.41) is 6.02. The summed E-state index contributed by atoms with van der Waals surface area (Å²) in [4.78, 5) is 25.7. The van der Waals surface area contributed by atoms with Crippen molar-refractivity contribution in [2.75, 3.05) is 32.7 Å². The quantitative estimate of drug-likeness (QED) is 0.804. The first-order valence-corrected chi connectivity index (χ1v) is 8.56. The van der Waals surface area contributed by atoms with Crippen molar-refractivity contribution in [3.8, 4) is 11.8 Å². The predicted octanol–water partition coefficient (Wildman–Crippen LogP) is 1.39. The second-order valence-corrected chi connectivity index (χ2v) is 5.80. The van der Waals surface area contributed by atoms with Crippen molar-refractivity contribution in [1.82, 2.24) is 15.5 Å². The third kappa shape index (κ3) is 5.71. The van der Waals surface area contributed by atoms with Gasteiger partial charge in [-0.2, -0.15) is 0 Å². The molecule has 2 amide bonds. The molecule has 1 aliphatic heterocycles. The molecular weight excluding hydrogens is 302 g/mol. The molecule has 128 valence electrons. The van der Waals surface area contributed by atoms with Gasteiger partial charge in [-0.05, 0) is 30.7 Å². The number of piperazine rings is 1. The molecule has 1 aromatic carbocycles. The number of nitrogens with one attached hydrogen (secondary N) is 2. The summed E-state index contributed by atoms with van der Waals surface area (Å²) in [6.07, 6.45) is 2.47. The summed E-state index contributed by atoms with van der Waals surface area (Å²) in [5.74, 6) is 6.05. The number of amides is 2. The van der Waals surface area contributed by atoms with Crippen LogP contribution in [0.1, 0.15) is 42.1 Å². The second kappa shape index (κ2) is 9.74. The highest BCUT2D eigenvalue weighted by atomic mass is 16.2. The topological polar surface area (TPSA) is 61.4 Å². The maximum Gasteiger partial charge on any atom is 0.253 e. The highest BCUT2D eigenvalue weighted by Crippen LogP contribution is 2.08. The minimum absolute atomic E-state index is 0.0446. The maximum absolute atomic E-state index is 12.3. The van der Waals surface area contributed by atoms with Gasteiger partial charge in [0.1, 0.15) is 0 Å². The van der Waals surface area contributed by atoms with E-state index in [1.165, 1.54) is 0 Å². The molecule has 0 bridgehead atoms. The van der Waals surface area contributed by atoms with E-state index < -0.39 is 0 Å². The fourth-order valence-corrected chi connectivity index (χ4v) is 2.46. The van der Waals surface area contributed by atoms with Crippen LogP contribution in [0.4, 0.5) is 0 Å². The van der Waals surface area contributed by atoms with E-state index in [9.17, 15) is 9.59 Å². The van der Waals surface area contributed by atoms with E-state index >= 15 is 0 Å². The van der Waals surface area contributed by atoms with Crippen molar-refractivity contribution in [2.45, 2.75) is 26.2 Å².